The molecule has 1 aliphatic heterocycles. The Morgan fingerprint density at radius 2 is 2.25 bits per heavy atom. The maximum atomic E-state index is 6.01. The average molecular weight is 273 g/mol. The normalized spacial score (nSPS) is 26.9. The molecule has 3 unspecified atom stereocenters. The second-order valence-electron chi connectivity index (χ2n) is 6.40. The van der Waals surface area contributed by atoms with Gasteiger partial charge in [0.05, 0.1) is 6.61 Å². The van der Waals surface area contributed by atoms with Crippen molar-refractivity contribution in [3.05, 3.63) is 29.3 Å². The molecular formula is C18H27NO. The molecule has 2 aliphatic rings. The van der Waals surface area contributed by atoms with E-state index in [1.165, 1.54) is 49.0 Å². The molecule has 0 bridgehead atoms. The Kier molecular flexibility index (Phi) is 4.30. The van der Waals surface area contributed by atoms with Gasteiger partial charge in [-0.1, -0.05) is 38.0 Å². The van der Waals surface area contributed by atoms with Crippen molar-refractivity contribution < 1.29 is 4.74 Å². The molecule has 1 aromatic rings. The largest absolute Gasteiger partial charge is 0.493 e. The van der Waals surface area contributed by atoms with Gasteiger partial charge in [-0.25, -0.2) is 0 Å². The number of ether oxygens (including phenoxy) is 1. The van der Waals surface area contributed by atoms with E-state index in [0.717, 1.165) is 24.9 Å². The Balaban J connectivity index is 1.86. The Morgan fingerprint density at radius 1 is 1.35 bits per heavy atom. The minimum atomic E-state index is 0.458. The molecule has 1 aromatic carbocycles. The van der Waals surface area contributed by atoms with E-state index in [0.29, 0.717) is 6.04 Å². The van der Waals surface area contributed by atoms with E-state index in [9.17, 15) is 0 Å². The van der Waals surface area contributed by atoms with Gasteiger partial charge in [-0.3, -0.25) is 0 Å². The van der Waals surface area contributed by atoms with Crippen LogP contribution in [0.5, 0.6) is 5.75 Å². The van der Waals surface area contributed by atoms with Gasteiger partial charge >= 0.3 is 0 Å². The zero-order valence-corrected chi connectivity index (χ0v) is 12.8. The van der Waals surface area contributed by atoms with Gasteiger partial charge < -0.3 is 10.1 Å². The minimum absolute atomic E-state index is 0.458. The van der Waals surface area contributed by atoms with Gasteiger partial charge in [0.25, 0.3) is 0 Å². The number of hydrogen-bond donors (Lipinski definition) is 1. The molecule has 0 saturated heterocycles. The van der Waals surface area contributed by atoms with E-state index < -0.39 is 0 Å². The van der Waals surface area contributed by atoms with Crippen molar-refractivity contribution in [2.24, 2.45) is 11.8 Å². The molecule has 1 aliphatic carbocycles. The van der Waals surface area contributed by atoms with Crippen LogP contribution in [0.3, 0.4) is 0 Å². The van der Waals surface area contributed by atoms with Crippen LogP contribution in [0.15, 0.2) is 18.2 Å². The van der Waals surface area contributed by atoms with Crippen molar-refractivity contribution in [1.82, 2.24) is 5.32 Å². The first-order valence-electron chi connectivity index (χ1n) is 8.25. The highest BCUT2D eigenvalue weighted by Gasteiger charge is 2.32. The summed E-state index contributed by atoms with van der Waals surface area (Å²) in [6, 6.07) is 7.16. The fourth-order valence-electron chi connectivity index (χ4n) is 4.09. The number of aryl methyl sites for hydroxylation is 1. The Labute approximate surface area is 122 Å². The smallest absolute Gasteiger partial charge is 0.127 e. The fraction of sp³-hybridized carbons (Fsp3) is 0.667. The lowest BCUT2D eigenvalue weighted by Gasteiger charge is -2.28. The summed E-state index contributed by atoms with van der Waals surface area (Å²) in [5.41, 5.74) is 2.80. The molecule has 1 fully saturated rings. The van der Waals surface area contributed by atoms with Gasteiger partial charge in [0, 0.05) is 11.6 Å². The van der Waals surface area contributed by atoms with Gasteiger partial charge in [-0.15, -0.1) is 0 Å². The molecule has 20 heavy (non-hydrogen) atoms. The summed E-state index contributed by atoms with van der Waals surface area (Å²) in [4.78, 5) is 0. The van der Waals surface area contributed by atoms with Crippen molar-refractivity contribution in [2.45, 2.75) is 51.5 Å². The van der Waals surface area contributed by atoms with Crippen molar-refractivity contribution in [1.29, 1.82) is 0 Å². The van der Waals surface area contributed by atoms with Gasteiger partial charge in [-0.2, -0.15) is 0 Å². The zero-order chi connectivity index (χ0) is 13.9. The molecule has 0 radical (unpaired) electrons. The highest BCUT2D eigenvalue weighted by atomic mass is 16.5. The summed E-state index contributed by atoms with van der Waals surface area (Å²) in [7, 11) is 2.10. The van der Waals surface area contributed by atoms with Crippen LogP contribution in [0, 0.1) is 11.8 Å². The average Bonchev–Trinajstić information content (AvgIpc) is 2.97. The fourth-order valence-corrected chi connectivity index (χ4v) is 4.09. The van der Waals surface area contributed by atoms with E-state index in [1.807, 2.05) is 0 Å². The van der Waals surface area contributed by atoms with Gasteiger partial charge in [0.2, 0.25) is 0 Å². The van der Waals surface area contributed by atoms with Crippen LogP contribution in [0.25, 0.3) is 0 Å². The quantitative estimate of drug-likeness (QED) is 0.892. The zero-order valence-electron chi connectivity index (χ0n) is 12.8. The first-order valence-corrected chi connectivity index (χ1v) is 8.25. The maximum absolute atomic E-state index is 6.01. The molecule has 0 aromatic heterocycles. The number of para-hydroxylation sites is 1. The minimum Gasteiger partial charge on any atom is -0.493 e. The van der Waals surface area contributed by atoms with Crippen molar-refractivity contribution in [2.75, 3.05) is 13.7 Å². The lowest BCUT2D eigenvalue weighted by molar-refractivity contribution is 0.274. The monoisotopic (exact) mass is 273 g/mol. The van der Waals surface area contributed by atoms with Crippen LogP contribution < -0.4 is 10.1 Å². The molecule has 0 spiro atoms. The molecule has 2 nitrogen and oxygen atoms in total. The van der Waals surface area contributed by atoms with Crippen LogP contribution in [0.1, 0.15) is 56.2 Å². The third-order valence-electron chi connectivity index (χ3n) is 5.24. The highest BCUT2D eigenvalue weighted by molar-refractivity contribution is 5.44. The van der Waals surface area contributed by atoms with Crippen LogP contribution in [-0.2, 0) is 6.42 Å². The number of hydrogen-bond acceptors (Lipinski definition) is 2. The summed E-state index contributed by atoms with van der Waals surface area (Å²) < 4.78 is 6.01. The number of rotatable bonds is 4. The first-order chi connectivity index (χ1) is 9.83. The third-order valence-corrected chi connectivity index (χ3v) is 5.24. The second-order valence-corrected chi connectivity index (χ2v) is 6.40. The van der Waals surface area contributed by atoms with Crippen molar-refractivity contribution in [3.63, 3.8) is 0 Å². The predicted molar refractivity (Wildman–Crippen MR) is 83.2 cm³/mol. The van der Waals surface area contributed by atoms with Gasteiger partial charge in [0.1, 0.15) is 5.75 Å². The predicted octanol–water partition coefficient (Wildman–Crippen LogP) is 4.10. The number of nitrogens with one attached hydrogen (secondary N) is 1. The second kappa shape index (κ2) is 6.17. The van der Waals surface area contributed by atoms with Crippen LogP contribution >= 0.6 is 0 Å². The molecule has 0 amide bonds. The van der Waals surface area contributed by atoms with Crippen LogP contribution in [-0.4, -0.2) is 13.7 Å². The topological polar surface area (TPSA) is 21.3 Å². The van der Waals surface area contributed by atoms with Gasteiger partial charge in [-0.05, 0) is 50.1 Å². The summed E-state index contributed by atoms with van der Waals surface area (Å²) in [5, 5.41) is 3.58. The highest BCUT2D eigenvalue weighted by Crippen LogP contribution is 2.43. The molecule has 1 heterocycles. The third kappa shape index (κ3) is 2.58. The molecule has 2 heteroatoms. The summed E-state index contributed by atoms with van der Waals surface area (Å²) in [6.45, 7) is 3.21. The number of fused-ring (bicyclic) bond motifs is 1. The van der Waals surface area contributed by atoms with E-state index in [-0.39, 0.29) is 0 Å². The van der Waals surface area contributed by atoms with E-state index in [1.54, 1.807) is 0 Å². The van der Waals surface area contributed by atoms with E-state index in [4.69, 9.17) is 4.74 Å². The summed E-state index contributed by atoms with van der Waals surface area (Å²) in [5.74, 6) is 2.87. The van der Waals surface area contributed by atoms with Crippen molar-refractivity contribution in [3.8, 4) is 5.75 Å². The standard InChI is InChI=1S/C18H27NO/c1-3-13-9-10-15(12-13)17(19-2)16-8-4-6-14-7-5-11-20-18(14)16/h4,6,8,13,15,17,19H,3,5,7,9-12H2,1-2H3. The van der Waals surface area contributed by atoms with E-state index >= 15 is 0 Å². The molecule has 110 valence electrons. The molecule has 3 rings (SSSR count). The number of benzene rings is 1. The Hall–Kier alpha value is -1.02. The van der Waals surface area contributed by atoms with Crippen molar-refractivity contribution >= 4 is 0 Å². The molecule has 1 N–H and O–H groups in total. The van der Waals surface area contributed by atoms with Crippen LogP contribution in [0.2, 0.25) is 0 Å². The first kappa shape index (κ1) is 13.9. The molecular weight excluding hydrogens is 246 g/mol. The SMILES string of the molecule is CCC1CCC(C(NC)c2cccc3c2OCCC3)C1. The Morgan fingerprint density at radius 3 is 3.00 bits per heavy atom. The Bertz CT molecular complexity index is 457. The van der Waals surface area contributed by atoms with Crippen LogP contribution in [0.4, 0.5) is 0 Å². The molecule has 1 saturated carbocycles. The lowest BCUT2D eigenvalue weighted by Crippen LogP contribution is -2.25. The summed E-state index contributed by atoms with van der Waals surface area (Å²) in [6.07, 6.45) is 7.77. The van der Waals surface area contributed by atoms with Gasteiger partial charge in [0.15, 0.2) is 0 Å². The molecule has 3 atom stereocenters. The summed E-state index contributed by atoms with van der Waals surface area (Å²) >= 11 is 0. The van der Waals surface area contributed by atoms with E-state index in [2.05, 4.69) is 37.5 Å². The lowest BCUT2D eigenvalue weighted by atomic mass is 9.88. The maximum Gasteiger partial charge on any atom is 0.127 e.